The third-order valence-electron chi connectivity index (χ3n) is 5.67. The molecule has 7 heteroatoms. The summed E-state index contributed by atoms with van der Waals surface area (Å²) in [4.78, 5) is 20.7. The zero-order valence-corrected chi connectivity index (χ0v) is 14.3. The fourth-order valence-corrected chi connectivity index (χ4v) is 4.21. The number of carbonyl (C=O) groups is 1. The summed E-state index contributed by atoms with van der Waals surface area (Å²) in [5.74, 6) is -0.123. The fourth-order valence-electron chi connectivity index (χ4n) is 4.21. The SMILES string of the molecule is CN1CCC[C@]2(C(=O)O)CCN(c3nc(-c4ccccc4)no3)C[C@@H]12. The number of likely N-dealkylation sites (tertiary alicyclic amines) is 1. The van der Waals surface area contributed by atoms with Crippen LogP contribution in [0.4, 0.5) is 6.01 Å². The van der Waals surface area contributed by atoms with Gasteiger partial charge in [-0.2, -0.15) is 4.98 Å². The third kappa shape index (κ3) is 2.68. The van der Waals surface area contributed by atoms with Crippen molar-refractivity contribution in [1.29, 1.82) is 0 Å². The number of aliphatic carboxylic acids is 1. The standard InChI is InChI=1S/C18H22N4O3/c1-21-10-5-8-18(16(23)24)9-11-22(12-14(18)21)17-19-15(20-25-17)13-6-3-2-4-7-13/h2-4,6-7,14H,5,8-12H2,1H3,(H,23,24)/t14-,18+/m1/s1. The van der Waals surface area contributed by atoms with E-state index in [0.717, 1.165) is 24.9 Å². The molecule has 3 heterocycles. The van der Waals surface area contributed by atoms with Crippen LogP contribution in [0.1, 0.15) is 19.3 Å². The van der Waals surface area contributed by atoms with Gasteiger partial charge in [-0.1, -0.05) is 35.5 Å². The zero-order chi connectivity index (χ0) is 17.4. The molecule has 2 saturated heterocycles. The highest BCUT2D eigenvalue weighted by molar-refractivity contribution is 5.76. The molecule has 0 saturated carbocycles. The maximum atomic E-state index is 12.0. The highest BCUT2D eigenvalue weighted by Gasteiger charge is 2.52. The molecule has 1 aromatic carbocycles. The minimum absolute atomic E-state index is 0.0421. The quantitative estimate of drug-likeness (QED) is 0.914. The lowest BCUT2D eigenvalue weighted by Gasteiger charge is -2.51. The van der Waals surface area contributed by atoms with E-state index in [1.54, 1.807) is 0 Å². The van der Waals surface area contributed by atoms with E-state index in [0.29, 0.717) is 31.3 Å². The van der Waals surface area contributed by atoms with Crippen LogP contribution in [-0.4, -0.2) is 58.8 Å². The highest BCUT2D eigenvalue weighted by Crippen LogP contribution is 2.43. The van der Waals surface area contributed by atoms with E-state index in [9.17, 15) is 9.90 Å². The van der Waals surface area contributed by atoms with E-state index in [2.05, 4.69) is 15.0 Å². The van der Waals surface area contributed by atoms with Crippen molar-refractivity contribution < 1.29 is 14.4 Å². The van der Waals surface area contributed by atoms with Crippen LogP contribution >= 0.6 is 0 Å². The molecule has 2 fully saturated rings. The summed E-state index contributed by atoms with van der Waals surface area (Å²) in [6.45, 7) is 2.14. The van der Waals surface area contributed by atoms with Crippen LogP contribution in [0.15, 0.2) is 34.9 Å². The molecule has 0 radical (unpaired) electrons. The summed E-state index contributed by atoms with van der Waals surface area (Å²) in [6.07, 6.45) is 2.27. The van der Waals surface area contributed by atoms with Gasteiger partial charge in [-0.3, -0.25) is 4.79 Å². The first-order valence-corrected chi connectivity index (χ1v) is 8.68. The topological polar surface area (TPSA) is 82.7 Å². The molecule has 0 spiro atoms. The monoisotopic (exact) mass is 342 g/mol. The predicted molar refractivity (Wildman–Crippen MR) is 92.3 cm³/mol. The van der Waals surface area contributed by atoms with Crippen LogP contribution in [0, 0.1) is 5.41 Å². The number of anilines is 1. The molecule has 0 bridgehead atoms. The molecular weight excluding hydrogens is 320 g/mol. The summed E-state index contributed by atoms with van der Waals surface area (Å²) < 4.78 is 5.47. The molecule has 7 nitrogen and oxygen atoms in total. The molecule has 2 aromatic rings. The van der Waals surface area contributed by atoms with Gasteiger partial charge in [0, 0.05) is 24.7 Å². The van der Waals surface area contributed by atoms with Crippen molar-refractivity contribution in [1.82, 2.24) is 15.0 Å². The van der Waals surface area contributed by atoms with Gasteiger partial charge in [0.05, 0.1) is 5.41 Å². The van der Waals surface area contributed by atoms with Gasteiger partial charge in [-0.25, -0.2) is 0 Å². The second kappa shape index (κ2) is 6.15. The normalized spacial score (nSPS) is 27.1. The minimum Gasteiger partial charge on any atom is -0.481 e. The number of aromatic nitrogens is 2. The number of benzene rings is 1. The van der Waals surface area contributed by atoms with Crippen LogP contribution in [0.5, 0.6) is 0 Å². The summed E-state index contributed by atoms with van der Waals surface area (Å²) in [5, 5.41) is 13.9. The van der Waals surface area contributed by atoms with E-state index in [-0.39, 0.29) is 6.04 Å². The van der Waals surface area contributed by atoms with Crippen molar-refractivity contribution in [3.05, 3.63) is 30.3 Å². The smallest absolute Gasteiger partial charge is 0.324 e. The Hall–Kier alpha value is -2.41. The van der Waals surface area contributed by atoms with E-state index < -0.39 is 11.4 Å². The van der Waals surface area contributed by atoms with Gasteiger partial charge in [0.1, 0.15) is 0 Å². The second-order valence-electron chi connectivity index (χ2n) is 7.02. The summed E-state index contributed by atoms with van der Waals surface area (Å²) in [6, 6.07) is 10.1. The van der Waals surface area contributed by atoms with Crippen LogP contribution < -0.4 is 4.90 Å². The molecule has 2 aliphatic rings. The molecule has 4 rings (SSSR count). The molecule has 0 unspecified atom stereocenters. The van der Waals surface area contributed by atoms with E-state index >= 15 is 0 Å². The van der Waals surface area contributed by atoms with Crippen LogP contribution in [0.25, 0.3) is 11.4 Å². The largest absolute Gasteiger partial charge is 0.481 e. The van der Waals surface area contributed by atoms with Crippen LogP contribution in [0.2, 0.25) is 0 Å². The molecule has 1 N–H and O–H groups in total. The van der Waals surface area contributed by atoms with Crippen molar-refractivity contribution >= 4 is 12.0 Å². The lowest BCUT2D eigenvalue weighted by atomic mass is 9.68. The third-order valence-corrected chi connectivity index (χ3v) is 5.67. The molecule has 1 aromatic heterocycles. The number of piperidine rings is 2. The number of rotatable bonds is 3. The van der Waals surface area contributed by atoms with Crippen molar-refractivity contribution in [2.24, 2.45) is 5.41 Å². The van der Waals surface area contributed by atoms with Crippen LogP contribution in [0.3, 0.4) is 0 Å². The van der Waals surface area contributed by atoms with Gasteiger partial charge in [0.15, 0.2) is 0 Å². The molecule has 25 heavy (non-hydrogen) atoms. The molecule has 0 aliphatic carbocycles. The molecular formula is C18H22N4O3. The Bertz CT molecular complexity index is 763. The Morgan fingerprint density at radius 2 is 2.08 bits per heavy atom. The lowest BCUT2D eigenvalue weighted by Crippen LogP contribution is -2.63. The first-order valence-electron chi connectivity index (χ1n) is 8.68. The maximum Gasteiger partial charge on any atom is 0.324 e. The lowest BCUT2D eigenvalue weighted by molar-refractivity contribution is -0.158. The number of nitrogens with zero attached hydrogens (tertiary/aromatic N) is 4. The van der Waals surface area contributed by atoms with Gasteiger partial charge in [0.25, 0.3) is 0 Å². The van der Waals surface area contributed by atoms with Crippen molar-refractivity contribution in [2.45, 2.75) is 25.3 Å². The molecule has 2 atom stereocenters. The van der Waals surface area contributed by atoms with Gasteiger partial charge >= 0.3 is 12.0 Å². The van der Waals surface area contributed by atoms with Gasteiger partial charge in [0.2, 0.25) is 5.82 Å². The first kappa shape index (κ1) is 16.1. The number of carboxylic acids is 1. The molecule has 132 valence electrons. The molecule has 0 amide bonds. The average molecular weight is 342 g/mol. The predicted octanol–water partition coefficient (Wildman–Crippen LogP) is 2.11. The van der Waals surface area contributed by atoms with Gasteiger partial charge in [-0.15, -0.1) is 0 Å². The number of fused-ring (bicyclic) bond motifs is 1. The van der Waals surface area contributed by atoms with E-state index in [1.807, 2.05) is 42.3 Å². The second-order valence-corrected chi connectivity index (χ2v) is 7.02. The summed E-state index contributed by atoms with van der Waals surface area (Å²) in [5.41, 5.74) is 0.246. The van der Waals surface area contributed by atoms with Crippen molar-refractivity contribution in [3.63, 3.8) is 0 Å². The van der Waals surface area contributed by atoms with Crippen molar-refractivity contribution in [2.75, 3.05) is 31.6 Å². The maximum absolute atomic E-state index is 12.0. The Labute approximate surface area is 146 Å². The highest BCUT2D eigenvalue weighted by atomic mass is 16.5. The first-order chi connectivity index (χ1) is 12.1. The van der Waals surface area contributed by atoms with Gasteiger partial charge in [-0.05, 0) is 32.9 Å². The Balaban J connectivity index is 1.58. The number of carboxylic acid groups (broad SMARTS) is 1. The fraction of sp³-hybridized carbons (Fsp3) is 0.500. The zero-order valence-electron chi connectivity index (χ0n) is 14.3. The average Bonchev–Trinajstić information content (AvgIpc) is 3.12. The minimum atomic E-state index is -0.681. The number of hydrogen-bond acceptors (Lipinski definition) is 6. The van der Waals surface area contributed by atoms with E-state index in [4.69, 9.17) is 4.52 Å². The van der Waals surface area contributed by atoms with Crippen molar-refractivity contribution in [3.8, 4) is 11.4 Å². The number of hydrogen-bond donors (Lipinski definition) is 1. The Morgan fingerprint density at radius 3 is 2.84 bits per heavy atom. The van der Waals surface area contributed by atoms with Gasteiger partial charge < -0.3 is 19.4 Å². The van der Waals surface area contributed by atoms with E-state index in [1.165, 1.54) is 0 Å². The van der Waals surface area contributed by atoms with Crippen LogP contribution in [-0.2, 0) is 4.79 Å². The molecule has 2 aliphatic heterocycles. The Kier molecular flexibility index (Phi) is 3.95. The number of likely N-dealkylation sites (N-methyl/N-ethyl adjacent to an activating group) is 1. The summed E-state index contributed by atoms with van der Waals surface area (Å²) in [7, 11) is 2.01. The summed E-state index contributed by atoms with van der Waals surface area (Å²) >= 11 is 0. The Morgan fingerprint density at radius 1 is 1.28 bits per heavy atom.